The molecule has 2 heterocycles. The van der Waals surface area contributed by atoms with Crippen LogP contribution < -0.4 is 5.32 Å². The third kappa shape index (κ3) is 4.98. The van der Waals surface area contributed by atoms with Crippen LogP contribution in [0.2, 0.25) is 5.15 Å². The van der Waals surface area contributed by atoms with Gasteiger partial charge in [-0.2, -0.15) is 0 Å². The number of hydrogen-bond donors (Lipinski definition) is 2. The highest BCUT2D eigenvalue weighted by atomic mass is 35.5. The number of ether oxygens (including phenoxy) is 1. The summed E-state index contributed by atoms with van der Waals surface area (Å²) in [5, 5.41) is 3.96. The number of carbonyl (C=O) groups excluding carboxylic acids is 1. The SMILES string of the molecule is CCOC(=O)CCN=C1C=C/C(=C(\c2ccc(Cl)[nH]2)c2c(C)cc(C)cc2C)N1. The van der Waals surface area contributed by atoms with Crippen LogP contribution in [0.15, 0.2) is 47.1 Å². The molecule has 1 aromatic carbocycles. The van der Waals surface area contributed by atoms with Crippen LogP contribution in [-0.4, -0.2) is 29.9 Å². The smallest absolute Gasteiger partial charge is 0.307 e. The van der Waals surface area contributed by atoms with Crippen molar-refractivity contribution >= 4 is 29.0 Å². The van der Waals surface area contributed by atoms with Crippen molar-refractivity contribution < 1.29 is 9.53 Å². The van der Waals surface area contributed by atoms with Crippen LogP contribution in [0.25, 0.3) is 5.57 Å². The number of allylic oxidation sites excluding steroid dienone is 1. The fourth-order valence-electron chi connectivity index (χ4n) is 3.63. The van der Waals surface area contributed by atoms with Crippen molar-refractivity contribution in [3.05, 3.63) is 75.2 Å². The molecule has 152 valence electrons. The van der Waals surface area contributed by atoms with E-state index in [9.17, 15) is 4.79 Å². The number of benzene rings is 1. The van der Waals surface area contributed by atoms with Crippen LogP contribution in [0.4, 0.5) is 0 Å². The van der Waals surface area contributed by atoms with E-state index in [0.717, 1.165) is 28.4 Å². The Kier molecular flexibility index (Phi) is 6.60. The number of aromatic amines is 1. The second kappa shape index (κ2) is 9.14. The third-order valence-electron chi connectivity index (χ3n) is 4.69. The van der Waals surface area contributed by atoms with Crippen molar-refractivity contribution in [3.8, 4) is 0 Å². The number of aromatic nitrogens is 1. The van der Waals surface area contributed by atoms with E-state index in [1.807, 2.05) is 24.3 Å². The summed E-state index contributed by atoms with van der Waals surface area (Å²) in [5.74, 6) is 0.490. The minimum absolute atomic E-state index is 0.234. The lowest BCUT2D eigenvalue weighted by Gasteiger charge is -2.17. The number of aliphatic imine (C=N–C) groups is 1. The summed E-state index contributed by atoms with van der Waals surface area (Å²) in [6, 6.07) is 8.19. The molecule has 2 N–H and O–H groups in total. The molecule has 0 bridgehead atoms. The summed E-state index contributed by atoms with van der Waals surface area (Å²) in [6.45, 7) is 8.90. The van der Waals surface area contributed by atoms with Gasteiger partial charge in [0.25, 0.3) is 0 Å². The lowest BCUT2D eigenvalue weighted by Crippen LogP contribution is -2.17. The summed E-state index contributed by atoms with van der Waals surface area (Å²) in [4.78, 5) is 19.2. The number of amidine groups is 1. The zero-order valence-corrected chi connectivity index (χ0v) is 18.0. The second-order valence-corrected chi connectivity index (χ2v) is 7.47. The van der Waals surface area contributed by atoms with Gasteiger partial charge in [0.1, 0.15) is 11.0 Å². The molecule has 0 fully saturated rings. The van der Waals surface area contributed by atoms with E-state index in [0.29, 0.717) is 18.3 Å². The van der Waals surface area contributed by atoms with Gasteiger partial charge in [-0.25, -0.2) is 0 Å². The largest absolute Gasteiger partial charge is 0.466 e. The molecule has 5 nitrogen and oxygen atoms in total. The molecular formula is C23H26ClN3O2. The number of carbonyl (C=O) groups is 1. The fraction of sp³-hybridized carbons (Fsp3) is 0.304. The topological polar surface area (TPSA) is 66.5 Å². The first-order valence-electron chi connectivity index (χ1n) is 9.71. The number of hydrogen-bond acceptors (Lipinski definition) is 3. The summed E-state index contributed by atoms with van der Waals surface area (Å²) in [5.41, 5.74) is 7.69. The number of H-pyrrole nitrogens is 1. The Balaban J connectivity index is 1.95. The maximum atomic E-state index is 11.5. The van der Waals surface area contributed by atoms with Gasteiger partial charge in [0, 0.05) is 17.0 Å². The second-order valence-electron chi connectivity index (χ2n) is 7.06. The molecule has 0 atom stereocenters. The van der Waals surface area contributed by atoms with Gasteiger partial charge in [-0.1, -0.05) is 29.3 Å². The van der Waals surface area contributed by atoms with E-state index in [2.05, 4.69) is 48.2 Å². The zero-order chi connectivity index (χ0) is 21.0. The third-order valence-corrected chi connectivity index (χ3v) is 4.91. The average Bonchev–Trinajstić information content (AvgIpc) is 3.27. The fourth-order valence-corrected chi connectivity index (χ4v) is 3.79. The van der Waals surface area contributed by atoms with Gasteiger partial charge < -0.3 is 15.0 Å². The summed E-state index contributed by atoms with van der Waals surface area (Å²) < 4.78 is 4.95. The van der Waals surface area contributed by atoms with Gasteiger partial charge in [0.15, 0.2) is 0 Å². The van der Waals surface area contributed by atoms with Gasteiger partial charge >= 0.3 is 5.97 Å². The number of halogens is 1. The Hall–Kier alpha value is -2.79. The minimum atomic E-state index is -0.234. The number of nitrogens with one attached hydrogen (secondary N) is 2. The molecule has 0 saturated carbocycles. The molecule has 3 rings (SSSR count). The number of aryl methyl sites for hydroxylation is 3. The summed E-state index contributed by atoms with van der Waals surface area (Å²) in [6.07, 6.45) is 4.19. The predicted molar refractivity (Wildman–Crippen MR) is 118 cm³/mol. The normalized spacial score (nSPS) is 16.2. The van der Waals surface area contributed by atoms with Crippen molar-refractivity contribution in [2.24, 2.45) is 4.99 Å². The van der Waals surface area contributed by atoms with Gasteiger partial charge in [-0.3, -0.25) is 9.79 Å². The number of esters is 1. The Bertz CT molecular complexity index is 992. The first kappa shape index (κ1) is 20.9. The molecule has 1 aromatic heterocycles. The van der Waals surface area contributed by atoms with E-state index in [-0.39, 0.29) is 12.4 Å². The van der Waals surface area contributed by atoms with Crippen molar-refractivity contribution in [2.45, 2.75) is 34.1 Å². The first-order valence-corrected chi connectivity index (χ1v) is 10.1. The Morgan fingerprint density at radius 3 is 2.48 bits per heavy atom. The van der Waals surface area contributed by atoms with E-state index in [1.54, 1.807) is 6.92 Å². The number of nitrogens with zero attached hydrogens (tertiary/aromatic N) is 1. The van der Waals surface area contributed by atoms with Gasteiger partial charge in [-0.05, 0) is 68.7 Å². The molecule has 29 heavy (non-hydrogen) atoms. The molecule has 0 amide bonds. The van der Waals surface area contributed by atoms with Crippen LogP contribution in [0.5, 0.6) is 0 Å². The van der Waals surface area contributed by atoms with Crippen molar-refractivity contribution in [1.82, 2.24) is 10.3 Å². The van der Waals surface area contributed by atoms with Crippen LogP contribution in [0.3, 0.4) is 0 Å². The van der Waals surface area contributed by atoms with E-state index in [1.165, 1.54) is 16.7 Å². The summed E-state index contributed by atoms with van der Waals surface area (Å²) in [7, 11) is 0. The molecular weight excluding hydrogens is 386 g/mol. The molecule has 2 aromatic rings. The van der Waals surface area contributed by atoms with E-state index < -0.39 is 0 Å². The van der Waals surface area contributed by atoms with Crippen LogP contribution in [0, 0.1) is 20.8 Å². The highest BCUT2D eigenvalue weighted by molar-refractivity contribution is 6.29. The van der Waals surface area contributed by atoms with Gasteiger partial charge in [0.2, 0.25) is 0 Å². The quantitative estimate of drug-likeness (QED) is 0.667. The minimum Gasteiger partial charge on any atom is -0.466 e. The van der Waals surface area contributed by atoms with Crippen molar-refractivity contribution in [1.29, 1.82) is 0 Å². The van der Waals surface area contributed by atoms with E-state index >= 15 is 0 Å². The standard InChI is InChI=1S/C23H26ClN3O2/c1-5-29-21(28)10-11-25-20-9-7-18(27-20)23(17-6-8-19(24)26-17)22-15(3)12-14(2)13-16(22)4/h6-9,12-13,26H,5,10-11H2,1-4H3,(H,25,27)/b23-18-. The monoisotopic (exact) mass is 411 g/mol. The van der Waals surface area contributed by atoms with Gasteiger partial charge in [-0.15, -0.1) is 0 Å². The molecule has 0 aliphatic carbocycles. The zero-order valence-electron chi connectivity index (χ0n) is 17.2. The highest BCUT2D eigenvalue weighted by Crippen LogP contribution is 2.33. The molecule has 1 aliphatic rings. The van der Waals surface area contributed by atoms with Crippen molar-refractivity contribution in [2.75, 3.05) is 13.2 Å². The Morgan fingerprint density at radius 2 is 1.86 bits per heavy atom. The molecule has 0 radical (unpaired) electrons. The maximum Gasteiger partial charge on any atom is 0.307 e. The van der Waals surface area contributed by atoms with Crippen LogP contribution in [0.1, 0.15) is 41.3 Å². The average molecular weight is 412 g/mol. The molecule has 0 saturated heterocycles. The highest BCUT2D eigenvalue weighted by Gasteiger charge is 2.20. The van der Waals surface area contributed by atoms with Crippen LogP contribution in [-0.2, 0) is 9.53 Å². The number of rotatable bonds is 6. The predicted octanol–water partition coefficient (Wildman–Crippen LogP) is 4.86. The Labute approximate surface area is 176 Å². The van der Waals surface area contributed by atoms with Crippen LogP contribution >= 0.6 is 11.6 Å². The van der Waals surface area contributed by atoms with Crippen molar-refractivity contribution in [3.63, 3.8) is 0 Å². The lowest BCUT2D eigenvalue weighted by molar-refractivity contribution is -0.142. The lowest BCUT2D eigenvalue weighted by atomic mass is 9.90. The molecule has 6 heteroatoms. The Morgan fingerprint density at radius 1 is 1.14 bits per heavy atom. The molecule has 1 aliphatic heterocycles. The molecule has 0 spiro atoms. The maximum absolute atomic E-state index is 11.5. The van der Waals surface area contributed by atoms with Gasteiger partial charge in [0.05, 0.1) is 19.6 Å². The first-order chi connectivity index (χ1) is 13.9. The summed E-state index contributed by atoms with van der Waals surface area (Å²) >= 11 is 6.17. The van der Waals surface area contributed by atoms with E-state index in [4.69, 9.17) is 16.3 Å². The molecule has 0 unspecified atom stereocenters.